The topological polar surface area (TPSA) is 56.2 Å². The van der Waals surface area contributed by atoms with E-state index in [0.717, 1.165) is 28.2 Å². The van der Waals surface area contributed by atoms with E-state index in [-0.39, 0.29) is 12.5 Å². The summed E-state index contributed by atoms with van der Waals surface area (Å²) >= 11 is 0. The molecule has 1 aliphatic heterocycles. The van der Waals surface area contributed by atoms with Crippen LogP contribution < -0.4 is 10.1 Å². The zero-order valence-corrected chi connectivity index (χ0v) is 13.3. The summed E-state index contributed by atoms with van der Waals surface area (Å²) in [7, 11) is 1.95. The molecule has 2 aromatic carbocycles. The number of hydrogen-bond donors (Lipinski definition) is 1. The molecule has 0 fully saturated rings. The van der Waals surface area contributed by atoms with E-state index in [0.29, 0.717) is 12.1 Å². The molecule has 0 spiro atoms. The van der Waals surface area contributed by atoms with Gasteiger partial charge in [0.1, 0.15) is 18.2 Å². The Morgan fingerprint density at radius 3 is 2.88 bits per heavy atom. The molecule has 0 bridgehead atoms. The highest BCUT2D eigenvalue weighted by Gasteiger charge is 2.17. The van der Waals surface area contributed by atoms with Gasteiger partial charge in [-0.1, -0.05) is 30.3 Å². The molecular weight excluding hydrogens is 302 g/mol. The molecule has 0 atom stereocenters. The molecule has 2 heterocycles. The molecule has 120 valence electrons. The first-order chi connectivity index (χ1) is 11.7. The van der Waals surface area contributed by atoms with Gasteiger partial charge < -0.3 is 14.6 Å². The smallest absolute Gasteiger partial charge is 0.251 e. The Bertz CT molecular complexity index is 956. The monoisotopic (exact) mass is 319 g/mol. The first-order valence-electron chi connectivity index (χ1n) is 7.83. The molecule has 0 radical (unpaired) electrons. The van der Waals surface area contributed by atoms with E-state index in [9.17, 15) is 4.79 Å². The van der Waals surface area contributed by atoms with Crippen molar-refractivity contribution in [3.05, 3.63) is 65.5 Å². The van der Waals surface area contributed by atoms with Gasteiger partial charge in [0.05, 0.1) is 23.2 Å². The van der Waals surface area contributed by atoms with Gasteiger partial charge in [-0.3, -0.25) is 4.79 Å². The maximum absolute atomic E-state index is 12.4. The minimum absolute atomic E-state index is 0.128. The minimum atomic E-state index is -0.128. The highest BCUT2D eigenvalue weighted by molar-refractivity contribution is 5.99. The molecule has 1 aromatic heterocycles. The summed E-state index contributed by atoms with van der Waals surface area (Å²) in [5.41, 5.74) is 3.53. The molecule has 0 aliphatic carbocycles. The van der Waals surface area contributed by atoms with E-state index in [1.165, 1.54) is 0 Å². The van der Waals surface area contributed by atoms with Gasteiger partial charge >= 0.3 is 0 Å². The molecule has 1 N–H and O–H groups in total. The molecule has 5 heteroatoms. The molecule has 5 nitrogen and oxygen atoms in total. The van der Waals surface area contributed by atoms with E-state index in [1.54, 1.807) is 0 Å². The summed E-state index contributed by atoms with van der Waals surface area (Å²) < 4.78 is 7.63. The van der Waals surface area contributed by atoms with Crippen molar-refractivity contribution in [2.75, 3.05) is 6.61 Å². The number of fused-ring (bicyclic) bond motifs is 2. The summed E-state index contributed by atoms with van der Waals surface area (Å²) in [6.07, 6.45) is 1.88. The second kappa shape index (κ2) is 5.85. The van der Waals surface area contributed by atoms with E-state index < -0.39 is 0 Å². The number of rotatable bonds is 3. The highest BCUT2D eigenvalue weighted by atomic mass is 16.5. The average Bonchev–Trinajstić information content (AvgIpc) is 2.95. The van der Waals surface area contributed by atoms with E-state index in [1.807, 2.05) is 66.2 Å². The number of carbonyl (C=O) groups is 1. The Labute approximate surface area is 139 Å². The molecule has 1 aliphatic rings. The number of imidazole rings is 1. The summed E-state index contributed by atoms with van der Waals surface area (Å²) in [4.78, 5) is 17.0. The number of benzene rings is 2. The fraction of sp³-hybridized carbons (Fsp3) is 0.158. The third kappa shape index (κ3) is 2.54. The number of ether oxygens (including phenoxy) is 1. The van der Waals surface area contributed by atoms with Crippen LogP contribution in [0.5, 0.6) is 5.75 Å². The van der Waals surface area contributed by atoms with Crippen molar-refractivity contribution in [3.63, 3.8) is 0 Å². The number of para-hydroxylation sites is 3. The molecule has 1 amide bonds. The van der Waals surface area contributed by atoms with Crippen molar-refractivity contribution < 1.29 is 9.53 Å². The Hall–Kier alpha value is -3.08. The van der Waals surface area contributed by atoms with Crippen LogP contribution in [0.25, 0.3) is 17.1 Å². The maximum atomic E-state index is 12.4. The molecule has 0 saturated heterocycles. The van der Waals surface area contributed by atoms with Crippen LogP contribution in [-0.4, -0.2) is 22.1 Å². The Morgan fingerprint density at radius 1 is 1.21 bits per heavy atom. The van der Waals surface area contributed by atoms with E-state index in [2.05, 4.69) is 10.3 Å². The highest BCUT2D eigenvalue weighted by Crippen LogP contribution is 2.25. The summed E-state index contributed by atoms with van der Waals surface area (Å²) in [5.74, 6) is 1.50. The number of hydrogen-bond acceptors (Lipinski definition) is 3. The number of nitrogens with zero attached hydrogens (tertiary/aromatic N) is 2. The fourth-order valence-corrected chi connectivity index (χ4v) is 2.87. The molecular formula is C19H17N3O2. The van der Waals surface area contributed by atoms with Gasteiger partial charge in [-0.2, -0.15) is 0 Å². The van der Waals surface area contributed by atoms with Crippen molar-refractivity contribution in [2.24, 2.45) is 7.05 Å². The second-order valence-corrected chi connectivity index (χ2v) is 5.75. The molecule has 0 saturated carbocycles. The van der Waals surface area contributed by atoms with Gasteiger partial charge in [0.15, 0.2) is 0 Å². The third-order valence-electron chi connectivity index (χ3n) is 4.21. The van der Waals surface area contributed by atoms with Crippen LogP contribution in [0.2, 0.25) is 0 Å². The van der Waals surface area contributed by atoms with Crippen LogP contribution >= 0.6 is 0 Å². The van der Waals surface area contributed by atoms with E-state index >= 15 is 0 Å². The van der Waals surface area contributed by atoms with Crippen LogP contribution in [0.1, 0.15) is 11.4 Å². The predicted molar refractivity (Wildman–Crippen MR) is 92.5 cm³/mol. The van der Waals surface area contributed by atoms with Gasteiger partial charge in [0.2, 0.25) is 0 Å². The largest absolute Gasteiger partial charge is 0.488 e. The minimum Gasteiger partial charge on any atom is -0.488 e. The zero-order valence-electron chi connectivity index (χ0n) is 13.3. The Balaban J connectivity index is 1.51. The zero-order chi connectivity index (χ0) is 16.5. The normalized spacial score (nSPS) is 13.1. The lowest BCUT2D eigenvalue weighted by Gasteiger charge is -2.17. The Morgan fingerprint density at radius 2 is 2.00 bits per heavy atom. The lowest BCUT2D eigenvalue weighted by atomic mass is 10.1. The summed E-state index contributed by atoms with van der Waals surface area (Å²) in [6.45, 7) is 0.661. The van der Waals surface area contributed by atoms with Crippen molar-refractivity contribution in [2.45, 2.75) is 6.54 Å². The van der Waals surface area contributed by atoms with Crippen LogP contribution in [0, 0.1) is 0 Å². The lowest BCUT2D eigenvalue weighted by molar-refractivity contribution is -0.118. The standard InChI is InChI=1S/C19H17N3O2/c1-22-16-8-4-3-7-15(16)21-18(22)11-20-19(23)14-10-13-6-2-5-9-17(13)24-12-14/h2-10H,11-12H2,1H3,(H,20,23). The maximum Gasteiger partial charge on any atom is 0.251 e. The van der Waals surface area contributed by atoms with Gasteiger partial charge in [0, 0.05) is 12.6 Å². The van der Waals surface area contributed by atoms with Gasteiger partial charge in [-0.15, -0.1) is 0 Å². The van der Waals surface area contributed by atoms with Crippen LogP contribution in [0.3, 0.4) is 0 Å². The molecule has 24 heavy (non-hydrogen) atoms. The van der Waals surface area contributed by atoms with Crippen LogP contribution in [0.4, 0.5) is 0 Å². The first kappa shape index (κ1) is 14.5. The SMILES string of the molecule is Cn1c(CNC(=O)C2=Cc3ccccc3OC2)nc2ccccc21. The number of carbonyl (C=O) groups excluding carboxylic acids is 1. The third-order valence-corrected chi connectivity index (χ3v) is 4.21. The molecule has 0 unspecified atom stereocenters. The average molecular weight is 319 g/mol. The van der Waals surface area contributed by atoms with Crippen molar-refractivity contribution in [1.29, 1.82) is 0 Å². The lowest BCUT2D eigenvalue weighted by Crippen LogP contribution is -2.29. The van der Waals surface area contributed by atoms with Crippen molar-refractivity contribution in [1.82, 2.24) is 14.9 Å². The number of nitrogens with one attached hydrogen (secondary N) is 1. The Kier molecular flexibility index (Phi) is 3.54. The quantitative estimate of drug-likeness (QED) is 0.807. The van der Waals surface area contributed by atoms with Crippen LogP contribution in [0.15, 0.2) is 54.1 Å². The van der Waals surface area contributed by atoms with Gasteiger partial charge in [0.25, 0.3) is 5.91 Å². The predicted octanol–water partition coefficient (Wildman–Crippen LogP) is 2.67. The number of amides is 1. The number of aromatic nitrogens is 2. The fourth-order valence-electron chi connectivity index (χ4n) is 2.87. The van der Waals surface area contributed by atoms with Gasteiger partial charge in [-0.05, 0) is 24.3 Å². The van der Waals surface area contributed by atoms with Crippen molar-refractivity contribution in [3.8, 4) is 5.75 Å². The number of aryl methyl sites for hydroxylation is 1. The van der Waals surface area contributed by atoms with Crippen molar-refractivity contribution >= 4 is 23.0 Å². The van der Waals surface area contributed by atoms with E-state index in [4.69, 9.17) is 4.74 Å². The van der Waals surface area contributed by atoms with Crippen LogP contribution in [-0.2, 0) is 18.4 Å². The van der Waals surface area contributed by atoms with Gasteiger partial charge in [-0.25, -0.2) is 4.98 Å². The second-order valence-electron chi connectivity index (χ2n) is 5.75. The first-order valence-corrected chi connectivity index (χ1v) is 7.83. The molecule has 4 rings (SSSR count). The summed E-state index contributed by atoms with van der Waals surface area (Å²) in [6, 6.07) is 15.6. The summed E-state index contributed by atoms with van der Waals surface area (Å²) in [5, 5.41) is 2.93. The molecule has 3 aromatic rings.